The summed E-state index contributed by atoms with van der Waals surface area (Å²) in [7, 11) is -0.669. The molecule has 0 spiro atoms. The Morgan fingerprint density at radius 2 is 1.64 bits per heavy atom. The molecule has 134 valence electrons. The highest BCUT2D eigenvalue weighted by molar-refractivity contribution is 7.89. The molecule has 0 atom stereocenters. The number of halogens is 1. The van der Waals surface area contributed by atoms with Gasteiger partial charge in [0.15, 0.2) is 0 Å². The van der Waals surface area contributed by atoms with Crippen LogP contribution in [-0.4, -0.2) is 32.7 Å². The summed E-state index contributed by atoms with van der Waals surface area (Å²) in [5, 5.41) is 2.70. The monoisotopic (exact) mass is 364 g/mol. The van der Waals surface area contributed by atoms with Crippen molar-refractivity contribution in [2.24, 2.45) is 0 Å². The predicted molar refractivity (Wildman–Crippen MR) is 93.9 cm³/mol. The number of nitrogens with zero attached hydrogens (tertiary/aromatic N) is 1. The number of carbonyl (C=O) groups is 1. The Bertz CT molecular complexity index is 851. The second kappa shape index (κ2) is 8.22. The molecule has 1 N–H and O–H groups in total. The topological polar surface area (TPSA) is 66.5 Å². The van der Waals surface area contributed by atoms with Gasteiger partial charge < -0.3 is 5.32 Å². The van der Waals surface area contributed by atoms with Crippen LogP contribution in [0.3, 0.4) is 0 Å². The lowest BCUT2D eigenvalue weighted by Gasteiger charge is -2.15. The second-order valence-electron chi connectivity index (χ2n) is 5.76. The third-order valence-electron chi connectivity index (χ3n) is 3.79. The summed E-state index contributed by atoms with van der Waals surface area (Å²) in [6, 6.07) is 12.8. The molecule has 0 radical (unpaired) electrons. The van der Waals surface area contributed by atoms with E-state index in [0.717, 1.165) is 4.31 Å². The zero-order valence-corrected chi connectivity index (χ0v) is 15.0. The number of benzene rings is 2. The molecule has 0 aliphatic heterocycles. The number of hydrogen-bond donors (Lipinski definition) is 1. The van der Waals surface area contributed by atoms with Crippen molar-refractivity contribution in [1.82, 2.24) is 9.62 Å². The Kier molecular flexibility index (Phi) is 6.27. The van der Waals surface area contributed by atoms with Gasteiger partial charge in [-0.25, -0.2) is 17.1 Å². The zero-order chi connectivity index (χ0) is 18.4. The average molecular weight is 364 g/mol. The number of sulfonamides is 1. The van der Waals surface area contributed by atoms with Crippen LogP contribution in [0.4, 0.5) is 4.39 Å². The fourth-order valence-corrected chi connectivity index (χ4v) is 3.45. The lowest BCUT2D eigenvalue weighted by Crippen LogP contribution is -2.27. The maximum Gasteiger partial charge on any atom is 0.242 e. The second-order valence-corrected chi connectivity index (χ2v) is 7.88. The van der Waals surface area contributed by atoms with Crippen LogP contribution in [0, 0.1) is 5.82 Å². The van der Waals surface area contributed by atoms with Gasteiger partial charge in [0, 0.05) is 27.1 Å². The number of hydrogen-bond acceptors (Lipinski definition) is 3. The van der Waals surface area contributed by atoms with E-state index in [9.17, 15) is 17.6 Å². The molecule has 0 unspecified atom stereocenters. The normalized spacial score (nSPS) is 11.5. The van der Waals surface area contributed by atoms with E-state index in [4.69, 9.17) is 0 Å². The Morgan fingerprint density at radius 3 is 2.28 bits per heavy atom. The lowest BCUT2D eigenvalue weighted by atomic mass is 10.1. The van der Waals surface area contributed by atoms with Crippen molar-refractivity contribution in [3.63, 3.8) is 0 Å². The highest BCUT2D eigenvalue weighted by atomic mass is 32.2. The molecule has 5 nitrogen and oxygen atoms in total. The molecule has 25 heavy (non-hydrogen) atoms. The van der Waals surface area contributed by atoms with Gasteiger partial charge in [-0.15, -0.1) is 0 Å². The highest BCUT2D eigenvalue weighted by Crippen LogP contribution is 2.18. The first kappa shape index (κ1) is 19.1. The summed E-state index contributed by atoms with van der Waals surface area (Å²) < 4.78 is 39.3. The molecule has 0 saturated carbocycles. The Labute approximate surface area is 147 Å². The van der Waals surface area contributed by atoms with Crippen molar-refractivity contribution in [3.8, 4) is 0 Å². The van der Waals surface area contributed by atoms with Gasteiger partial charge in [0.25, 0.3) is 0 Å². The van der Waals surface area contributed by atoms with E-state index in [1.54, 1.807) is 36.4 Å². The Balaban J connectivity index is 2.00. The van der Waals surface area contributed by atoms with Crippen LogP contribution in [0.1, 0.15) is 17.5 Å². The van der Waals surface area contributed by atoms with Crippen LogP contribution in [0.15, 0.2) is 53.4 Å². The third kappa shape index (κ3) is 4.87. The zero-order valence-electron chi connectivity index (χ0n) is 14.2. The van der Waals surface area contributed by atoms with Crippen LogP contribution in [0.2, 0.25) is 0 Å². The summed E-state index contributed by atoms with van der Waals surface area (Å²) in [4.78, 5) is 12.2. The molecular weight excluding hydrogens is 343 g/mol. The molecule has 0 aliphatic carbocycles. The number of amides is 1. The molecular formula is C18H21FN2O3S. The van der Waals surface area contributed by atoms with E-state index < -0.39 is 10.0 Å². The van der Waals surface area contributed by atoms with Crippen LogP contribution in [0.25, 0.3) is 0 Å². The van der Waals surface area contributed by atoms with Crippen molar-refractivity contribution in [2.75, 3.05) is 14.1 Å². The Morgan fingerprint density at radius 1 is 1.04 bits per heavy atom. The van der Waals surface area contributed by atoms with Crippen molar-refractivity contribution >= 4 is 15.9 Å². The quantitative estimate of drug-likeness (QED) is 0.820. The van der Waals surface area contributed by atoms with Gasteiger partial charge in [-0.1, -0.05) is 36.4 Å². The summed E-state index contributed by atoms with van der Waals surface area (Å²) in [5.41, 5.74) is 0.990. The van der Waals surface area contributed by atoms with Gasteiger partial charge in [0.05, 0.1) is 4.90 Å². The molecule has 7 heteroatoms. The molecule has 2 aromatic rings. The average Bonchev–Trinajstić information content (AvgIpc) is 2.59. The fraction of sp³-hybridized carbons (Fsp3) is 0.278. The van der Waals surface area contributed by atoms with Gasteiger partial charge in [0.1, 0.15) is 5.82 Å². The number of nitrogens with one attached hydrogen (secondary N) is 1. The molecule has 0 saturated heterocycles. The van der Waals surface area contributed by atoms with E-state index in [-0.39, 0.29) is 36.0 Å². The molecule has 2 rings (SSSR count). The molecule has 0 fully saturated rings. The summed E-state index contributed by atoms with van der Waals surface area (Å²) >= 11 is 0. The van der Waals surface area contributed by atoms with E-state index in [1.807, 2.05) is 0 Å². The molecule has 2 aromatic carbocycles. The maximum atomic E-state index is 13.5. The Hall–Kier alpha value is -2.25. The van der Waals surface area contributed by atoms with E-state index in [1.165, 1.54) is 26.2 Å². The minimum Gasteiger partial charge on any atom is -0.352 e. The minimum absolute atomic E-state index is 0.0966. The van der Waals surface area contributed by atoms with Gasteiger partial charge in [-0.3, -0.25) is 4.79 Å². The van der Waals surface area contributed by atoms with Crippen molar-refractivity contribution in [3.05, 3.63) is 65.5 Å². The molecule has 0 aliphatic rings. The van der Waals surface area contributed by atoms with E-state index in [0.29, 0.717) is 11.1 Å². The minimum atomic E-state index is -3.58. The smallest absolute Gasteiger partial charge is 0.242 e. The first-order chi connectivity index (χ1) is 11.8. The number of rotatable bonds is 7. The SMILES string of the molecule is CN(C)S(=O)(=O)c1ccccc1CNC(=O)CCc1ccccc1F. The molecule has 1 amide bonds. The standard InChI is InChI=1S/C18H21FN2O3S/c1-21(2)25(23,24)17-10-6-4-8-15(17)13-20-18(22)12-11-14-7-3-5-9-16(14)19/h3-10H,11-13H2,1-2H3,(H,20,22). The number of carbonyl (C=O) groups excluding carboxylic acids is 1. The van der Waals surface area contributed by atoms with Crippen molar-refractivity contribution in [1.29, 1.82) is 0 Å². The summed E-state index contributed by atoms with van der Waals surface area (Å²) in [5.74, 6) is -0.599. The predicted octanol–water partition coefficient (Wildman–Crippen LogP) is 2.33. The first-order valence-electron chi connectivity index (χ1n) is 7.83. The summed E-state index contributed by atoms with van der Waals surface area (Å²) in [6.45, 7) is 0.0966. The van der Waals surface area contributed by atoms with Crippen LogP contribution < -0.4 is 5.32 Å². The molecule has 0 heterocycles. The van der Waals surface area contributed by atoms with Gasteiger partial charge in [-0.05, 0) is 29.7 Å². The summed E-state index contributed by atoms with van der Waals surface area (Å²) in [6.07, 6.45) is 0.416. The first-order valence-corrected chi connectivity index (χ1v) is 9.27. The highest BCUT2D eigenvalue weighted by Gasteiger charge is 2.20. The molecule has 0 aromatic heterocycles. The van der Waals surface area contributed by atoms with Crippen molar-refractivity contribution in [2.45, 2.75) is 24.3 Å². The van der Waals surface area contributed by atoms with E-state index in [2.05, 4.69) is 5.32 Å². The van der Waals surface area contributed by atoms with Gasteiger partial charge in [0.2, 0.25) is 15.9 Å². The van der Waals surface area contributed by atoms with E-state index >= 15 is 0 Å². The fourth-order valence-electron chi connectivity index (χ4n) is 2.33. The van der Waals surface area contributed by atoms with Crippen molar-refractivity contribution < 1.29 is 17.6 Å². The van der Waals surface area contributed by atoms with Crippen LogP contribution >= 0.6 is 0 Å². The van der Waals surface area contributed by atoms with Gasteiger partial charge >= 0.3 is 0 Å². The lowest BCUT2D eigenvalue weighted by molar-refractivity contribution is -0.121. The maximum absolute atomic E-state index is 13.5. The number of aryl methyl sites for hydroxylation is 1. The molecule has 0 bridgehead atoms. The van der Waals surface area contributed by atoms with Gasteiger partial charge in [-0.2, -0.15) is 0 Å². The largest absolute Gasteiger partial charge is 0.352 e. The third-order valence-corrected chi connectivity index (χ3v) is 5.70. The van der Waals surface area contributed by atoms with Crippen LogP contribution in [-0.2, 0) is 27.8 Å². The van der Waals surface area contributed by atoms with Crippen LogP contribution in [0.5, 0.6) is 0 Å².